The third-order valence-corrected chi connectivity index (χ3v) is 6.09. The number of amides is 1. The number of ether oxygens (including phenoxy) is 1. The van der Waals surface area contributed by atoms with Gasteiger partial charge in [-0.3, -0.25) is 4.79 Å². The van der Waals surface area contributed by atoms with Crippen molar-refractivity contribution in [3.8, 4) is 17.1 Å². The number of benzene rings is 1. The Labute approximate surface area is 165 Å². The van der Waals surface area contributed by atoms with E-state index >= 15 is 0 Å². The summed E-state index contributed by atoms with van der Waals surface area (Å²) in [7, 11) is 1.63. The molecule has 2 aliphatic rings. The molecule has 2 aromatic rings. The van der Waals surface area contributed by atoms with E-state index in [2.05, 4.69) is 15.5 Å². The molecule has 150 valence electrons. The van der Waals surface area contributed by atoms with Crippen molar-refractivity contribution in [1.29, 1.82) is 0 Å². The van der Waals surface area contributed by atoms with Gasteiger partial charge < -0.3 is 20.3 Å². The van der Waals surface area contributed by atoms with E-state index in [0.717, 1.165) is 24.2 Å². The van der Waals surface area contributed by atoms with Crippen molar-refractivity contribution >= 4 is 5.91 Å². The van der Waals surface area contributed by atoms with Crippen molar-refractivity contribution < 1.29 is 14.1 Å². The second-order valence-corrected chi connectivity index (χ2v) is 8.02. The maximum absolute atomic E-state index is 12.5. The van der Waals surface area contributed by atoms with Gasteiger partial charge in [0.05, 0.1) is 7.11 Å². The van der Waals surface area contributed by atoms with E-state index in [4.69, 9.17) is 15.0 Å². The molecule has 0 aliphatic heterocycles. The first-order valence-corrected chi connectivity index (χ1v) is 10.1. The van der Waals surface area contributed by atoms with Crippen LogP contribution < -0.4 is 15.8 Å². The number of nitrogens with one attached hydrogen (secondary N) is 1. The normalized spacial score (nSPS) is 26.6. The summed E-state index contributed by atoms with van der Waals surface area (Å²) in [6.07, 6.45) is 6.44. The van der Waals surface area contributed by atoms with Crippen LogP contribution in [0.5, 0.6) is 5.75 Å². The Morgan fingerprint density at radius 1 is 1.25 bits per heavy atom. The van der Waals surface area contributed by atoms with Gasteiger partial charge >= 0.3 is 0 Å². The first-order valence-electron chi connectivity index (χ1n) is 10.1. The quantitative estimate of drug-likeness (QED) is 0.794. The predicted octanol–water partition coefficient (Wildman–Crippen LogP) is 2.70. The van der Waals surface area contributed by atoms with Gasteiger partial charge in [-0.05, 0) is 61.8 Å². The summed E-state index contributed by atoms with van der Waals surface area (Å²) in [4.78, 5) is 16.9. The van der Waals surface area contributed by atoms with Gasteiger partial charge in [-0.25, -0.2) is 0 Å². The highest BCUT2D eigenvalue weighted by molar-refractivity contribution is 5.76. The van der Waals surface area contributed by atoms with Gasteiger partial charge in [-0.15, -0.1) is 0 Å². The van der Waals surface area contributed by atoms with Crippen molar-refractivity contribution in [2.24, 2.45) is 17.6 Å². The zero-order valence-corrected chi connectivity index (χ0v) is 16.3. The molecule has 0 saturated heterocycles. The van der Waals surface area contributed by atoms with Crippen molar-refractivity contribution in [2.75, 3.05) is 7.11 Å². The summed E-state index contributed by atoms with van der Waals surface area (Å²) in [5, 5.41) is 7.28. The molecule has 2 unspecified atom stereocenters. The Bertz CT molecular complexity index is 790. The fourth-order valence-electron chi connectivity index (χ4n) is 4.72. The molecule has 2 fully saturated rings. The molecule has 0 spiro atoms. The molecule has 1 aromatic heterocycles. The van der Waals surface area contributed by atoms with E-state index in [-0.39, 0.29) is 11.9 Å². The largest absolute Gasteiger partial charge is 0.497 e. The van der Waals surface area contributed by atoms with Crippen LogP contribution in [0.4, 0.5) is 0 Å². The van der Waals surface area contributed by atoms with Gasteiger partial charge in [-0.1, -0.05) is 11.6 Å². The zero-order valence-electron chi connectivity index (χ0n) is 16.3. The highest BCUT2D eigenvalue weighted by Gasteiger charge is 2.39. The summed E-state index contributed by atoms with van der Waals surface area (Å²) < 4.78 is 10.5. The van der Waals surface area contributed by atoms with Crippen LogP contribution in [0, 0.1) is 11.8 Å². The summed E-state index contributed by atoms with van der Waals surface area (Å²) in [6, 6.07) is 8.04. The number of methoxy groups -OCH3 is 1. The molecule has 0 radical (unpaired) electrons. The number of rotatable bonds is 6. The van der Waals surface area contributed by atoms with Crippen LogP contribution in [0.2, 0.25) is 0 Å². The molecule has 1 aromatic carbocycles. The van der Waals surface area contributed by atoms with Crippen LogP contribution >= 0.6 is 0 Å². The van der Waals surface area contributed by atoms with Crippen molar-refractivity contribution in [2.45, 2.75) is 57.0 Å². The van der Waals surface area contributed by atoms with Crippen LogP contribution in [0.15, 0.2) is 28.8 Å². The minimum absolute atomic E-state index is 0.0570. The fourth-order valence-corrected chi connectivity index (χ4v) is 4.72. The summed E-state index contributed by atoms with van der Waals surface area (Å²) in [5.41, 5.74) is 7.03. The van der Waals surface area contributed by atoms with Gasteiger partial charge in [0, 0.05) is 30.5 Å². The lowest BCUT2D eigenvalue weighted by Gasteiger charge is -2.45. The lowest BCUT2D eigenvalue weighted by Crippen LogP contribution is -2.53. The minimum atomic E-state index is 0.0570. The van der Waals surface area contributed by atoms with Gasteiger partial charge in [0.15, 0.2) is 0 Å². The van der Waals surface area contributed by atoms with Gasteiger partial charge in [0.2, 0.25) is 17.6 Å². The topological polar surface area (TPSA) is 103 Å². The van der Waals surface area contributed by atoms with E-state index in [1.165, 1.54) is 19.3 Å². The predicted molar refractivity (Wildman–Crippen MR) is 105 cm³/mol. The number of hydrogen-bond donors (Lipinski definition) is 2. The SMILES string of the molecule is COc1ccc(-c2noc(CCC(=O)NC3C4CCCC3CC(N)C4)n2)cc1. The number of aromatic nitrogens is 2. The first-order chi connectivity index (χ1) is 13.6. The Morgan fingerprint density at radius 3 is 2.64 bits per heavy atom. The summed E-state index contributed by atoms with van der Waals surface area (Å²) in [5.74, 6) is 2.88. The Hall–Kier alpha value is -2.41. The molecule has 1 amide bonds. The number of hydrogen-bond acceptors (Lipinski definition) is 6. The molecular formula is C21H28N4O3. The number of nitrogens with zero attached hydrogens (tertiary/aromatic N) is 2. The molecule has 7 nitrogen and oxygen atoms in total. The van der Waals surface area contributed by atoms with Crippen LogP contribution in [-0.4, -0.2) is 35.2 Å². The molecule has 2 saturated carbocycles. The number of fused-ring (bicyclic) bond motifs is 2. The molecule has 2 atom stereocenters. The summed E-state index contributed by atoms with van der Waals surface area (Å²) >= 11 is 0. The number of carbonyl (C=O) groups excluding carboxylic acids is 1. The van der Waals surface area contributed by atoms with Crippen LogP contribution in [0.3, 0.4) is 0 Å². The third kappa shape index (κ3) is 4.19. The monoisotopic (exact) mass is 384 g/mol. The number of nitrogens with two attached hydrogens (primary N) is 1. The molecule has 2 aliphatic carbocycles. The third-order valence-electron chi connectivity index (χ3n) is 6.09. The number of carbonyl (C=O) groups is 1. The molecule has 4 rings (SSSR count). The van der Waals surface area contributed by atoms with E-state index < -0.39 is 0 Å². The zero-order chi connectivity index (χ0) is 19.5. The second-order valence-electron chi connectivity index (χ2n) is 8.02. The lowest BCUT2D eigenvalue weighted by atomic mass is 9.67. The second kappa shape index (κ2) is 8.31. The van der Waals surface area contributed by atoms with Crippen molar-refractivity contribution in [3.63, 3.8) is 0 Å². The molecular weight excluding hydrogens is 356 g/mol. The number of aryl methyl sites for hydroxylation is 1. The van der Waals surface area contributed by atoms with E-state index in [1.807, 2.05) is 24.3 Å². The standard InChI is InChI=1S/C21H28N4O3/c1-27-17-7-5-13(6-8-17)21-24-19(28-25-21)10-9-18(26)23-20-14-3-2-4-15(20)12-16(22)11-14/h5-8,14-16,20H,2-4,9-12,22H2,1H3,(H,23,26). The van der Waals surface area contributed by atoms with E-state index in [1.54, 1.807) is 7.11 Å². The van der Waals surface area contributed by atoms with Crippen molar-refractivity contribution in [1.82, 2.24) is 15.5 Å². The molecule has 1 heterocycles. The fraction of sp³-hybridized carbons (Fsp3) is 0.571. The lowest BCUT2D eigenvalue weighted by molar-refractivity contribution is -0.123. The van der Waals surface area contributed by atoms with E-state index in [9.17, 15) is 4.79 Å². The van der Waals surface area contributed by atoms with Gasteiger partial charge in [0.25, 0.3) is 0 Å². The maximum Gasteiger partial charge on any atom is 0.227 e. The highest BCUT2D eigenvalue weighted by Crippen LogP contribution is 2.39. The first kappa shape index (κ1) is 18.9. The van der Waals surface area contributed by atoms with Crippen LogP contribution in [0.25, 0.3) is 11.4 Å². The molecule has 3 N–H and O–H groups in total. The Morgan fingerprint density at radius 2 is 1.96 bits per heavy atom. The van der Waals surface area contributed by atoms with E-state index in [0.29, 0.717) is 42.4 Å². The average Bonchev–Trinajstić information content (AvgIpc) is 3.16. The van der Waals surface area contributed by atoms with Gasteiger partial charge in [0.1, 0.15) is 5.75 Å². The molecule has 28 heavy (non-hydrogen) atoms. The van der Waals surface area contributed by atoms with Gasteiger partial charge in [-0.2, -0.15) is 4.98 Å². The maximum atomic E-state index is 12.5. The summed E-state index contributed by atoms with van der Waals surface area (Å²) in [6.45, 7) is 0. The average molecular weight is 384 g/mol. The Kier molecular flexibility index (Phi) is 5.62. The smallest absolute Gasteiger partial charge is 0.227 e. The van der Waals surface area contributed by atoms with Crippen molar-refractivity contribution in [3.05, 3.63) is 30.2 Å². The molecule has 2 bridgehead atoms. The highest BCUT2D eigenvalue weighted by atomic mass is 16.5. The minimum Gasteiger partial charge on any atom is -0.497 e. The van der Waals surface area contributed by atoms with Crippen LogP contribution in [0.1, 0.15) is 44.4 Å². The Balaban J connectivity index is 1.31. The molecule has 7 heteroatoms. The van der Waals surface area contributed by atoms with Crippen LogP contribution in [-0.2, 0) is 11.2 Å².